The third-order valence-corrected chi connectivity index (χ3v) is 6.26. The van der Waals surface area contributed by atoms with Crippen LogP contribution in [0.4, 0.5) is 0 Å². The second-order valence-corrected chi connectivity index (χ2v) is 8.21. The van der Waals surface area contributed by atoms with Gasteiger partial charge in [-0.1, -0.05) is 23.8 Å². The largest absolute Gasteiger partial charge is 0.493 e. The van der Waals surface area contributed by atoms with Crippen LogP contribution in [-0.2, 0) is 13.1 Å². The maximum absolute atomic E-state index is 5.89. The van der Waals surface area contributed by atoms with E-state index in [1.54, 1.807) is 21.3 Å². The maximum Gasteiger partial charge on any atom is 0.203 e. The summed E-state index contributed by atoms with van der Waals surface area (Å²) < 4.78 is 19.5. The van der Waals surface area contributed by atoms with Crippen LogP contribution >= 0.6 is 0 Å². The van der Waals surface area contributed by atoms with Gasteiger partial charge in [-0.2, -0.15) is 0 Å². The van der Waals surface area contributed by atoms with Crippen LogP contribution < -0.4 is 14.2 Å². The first-order valence-electron chi connectivity index (χ1n) is 10.8. The Kier molecular flexibility index (Phi) is 6.23. The summed E-state index contributed by atoms with van der Waals surface area (Å²) in [5, 5.41) is 0. The monoisotopic (exact) mass is 420 g/mol. The highest BCUT2D eigenvalue weighted by Gasteiger charge is 2.32. The first-order valence-corrected chi connectivity index (χ1v) is 10.8. The van der Waals surface area contributed by atoms with E-state index in [1.165, 1.54) is 22.4 Å². The van der Waals surface area contributed by atoms with E-state index < -0.39 is 0 Å². The Morgan fingerprint density at radius 1 is 0.903 bits per heavy atom. The topological polar surface area (TPSA) is 35.9 Å². The number of methoxy groups -OCH3 is 3. The van der Waals surface area contributed by atoms with Crippen LogP contribution in [0.25, 0.3) is 0 Å². The Labute approximate surface area is 185 Å². The Balaban J connectivity index is 1.85. The van der Waals surface area contributed by atoms with Crippen molar-refractivity contribution < 1.29 is 14.2 Å². The number of nitrogens with zero attached hydrogens (tertiary/aromatic N) is 2. The summed E-state index contributed by atoms with van der Waals surface area (Å²) in [6.07, 6.45) is 3.27. The zero-order valence-electron chi connectivity index (χ0n) is 19.1. The van der Waals surface area contributed by atoms with Crippen LogP contribution in [0.3, 0.4) is 0 Å². The van der Waals surface area contributed by atoms with Crippen LogP contribution in [0.15, 0.2) is 48.7 Å². The van der Waals surface area contributed by atoms with Gasteiger partial charge in [0.2, 0.25) is 5.75 Å². The zero-order chi connectivity index (χ0) is 22.0. The van der Waals surface area contributed by atoms with Gasteiger partial charge in [0.05, 0.1) is 27.4 Å². The molecule has 0 unspecified atom stereocenters. The molecular weight excluding hydrogens is 388 g/mol. The van der Waals surface area contributed by atoms with E-state index in [0.29, 0.717) is 11.5 Å². The van der Waals surface area contributed by atoms with Gasteiger partial charge in [0.1, 0.15) is 0 Å². The molecule has 3 aromatic rings. The number of hydrogen-bond donors (Lipinski definition) is 0. The van der Waals surface area contributed by atoms with E-state index in [-0.39, 0.29) is 6.04 Å². The Morgan fingerprint density at radius 2 is 1.71 bits per heavy atom. The zero-order valence-corrected chi connectivity index (χ0v) is 19.1. The fourth-order valence-corrected chi connectivity index (χ4v) is 4.75. The number of benzene rings is 2. The van der Waals surface area contributed by atoms with Gasteiger partial charge in [0, 0.05) is 37.1 Å². The lowest BCUT2D eigenvalue weighted by Gasteiger charge is -2.32. The summed E-state index contributed by atoms with van der Waals surface area (Å²) in [5.74, 6) is 2.04. The summed E-state index contributed by atoms with van der Waals surface area (Å²) in [5.41, 5.74) is 6.34. The first-order chi connectivity index (χ1) is 15.1. The molecular formula is C26H32N2O3. The molecule has 0 spiro atoms. The molecule has 5 heteroatoms. The van der Waals surface area contributed by atoms with Gasteiger partial charge in [-0.3, -0.25) is 4.90 Å². The molecule has 0 saturated heterocycles. The normalized spacial score (nSPS) is 16.5. The molecule has 1 aromatic heterocycles. The first kappa shape index (κ1) is 21.3. The second kappa shape index (κ2) is 9.06. The molecule has 0 fully saturated rings. The highest BCUT2D eigenvalue weighted by molar-refractivity contribution is 5.58. The van der Waals surface area contributed by atoms with E-state index in [1.807, 2.05) is 6.07 Å². The van der Waals surface area contributed by atoms with Crippen molar-refractivity contribution in [1.82, 2.24) is 9.47 Å². The molecule has 5 nitrogen and oxygen atoms in total. The summed E-state index contributed by atoms with van der Waals surface area (Å²) in [6.45, 7) is 7.23. The lowest BCUT2D eigenvalue weighted by atomic mass is 9.98. The van der Waals surface area contributed by atoms with Gasteiger partial charge in [-0.25, -0.2) is 0 Å². The molecule has 1 aliphatic heterocycles. The Bertz CT molecular complexity index is 1060. The minimum absolute atomic E-state index is 0.0490. The minimum atomic E-state index is 0.0490. The molecule has 0 N–H and O–H groups in total. The van der Waals surface area contributed by atoms with Crippen molar-refractivity contribution in [3.05, 3.63) is 76.6 Å². The number of aromatic nitrogens is 1. The molecule has 0 bridgehead atoms. The average Bonchev–Trinajstić information content (AvgIpc) is 3.16. The van der Waals surface area contributed by atoms with Crippen LogP contribution in [0.2, 0.25) is 0 Å². The fraction of sp³-hybridized carbons (Fsp3) is 0.385. The van der Waals surface area contributed by atoms with E-state index in [0.717, 1.165) is 37.4 Å². The molecule has 0 saturated carbocycles. The minimum Gasteiger partial charge on any atom is -0.493 e. The quantitative estimate of drug-likeness (QED) is 0.554. The lowest BCUT2D eigenvalue weighted by molar-refractivity contribution is 0.214. The van der Waals surface area contributed by atoms with E-state index >= 15 is 0 Å². The molecule has 31 heavy (non-hydrogen) atoms. The Morgan fingerprint density at radius 3 is 2.42 bits per heavy atom. The van der Waals surface area contributed by atoms with Crippen LogP contribution in [0, 0.1) is 13.8 Å². The second-order valence-electron chi connectivity index (χ2n) is 8.21. The van der Waals surface area contributed by atoms with Gasteiger partial charge < -0.3 is 18.8 Å². The maximum atomic E-state index is 5.89. The fourth-order valence-electron chi connectivity index (χ4n) is 4.75. The van der Waals surface area contributed by atoms with Crippen molar-refractivity contribution in [3.8, 4) is 17.2 Å². The summed E-state index contributed by atoms with van der Waals surface area (Å²) in [4.78, 5) is 2.56. The summed E-state index contributed by atoms with van der Waals surface area (Å²) in [6, 6.07) is 15.2. The van der Waals surface area contributed by atoms with Gasteiger partial charge in [-0.05, 0) is 55.7 Å². The number of hydrogen-bond acceptors (Lipinski definition) is 4. The van der Waals surface area contributed by atoms with Crippen LogP contribution in [0.1, 0.15) is 40.4 Å². The van der Waals surface area contributed by atoms with Gasteiger partial charge in [0.25, 0.3) is 0 Å². The highest BCUT2D eigenvalue weighted by atomic mass is 16.5. The number of fused-ring (bicyclic) bond motifs is 1. The lowest BCUT2D eigenvalue weighted by Crippen LogP contribution is -2.30. The standard InChI is InChI=1S/C26H32N2O3/c1-18-9-10-20(19(2)16-18)17-28-15-7-14-27-13-6-8-22(27)24(28)21-11-12-23(29-3)26(31-5)25(21)30-4/h6,8-13,16,24H,7,14-15,17H2,1-5H3/t24-/m1/s1. The van der Waals surface area contributed by atoms with Crippen molar-refractivity contribution in [1.29, 1.82) is 0 Å². The third-order valence-electron chi connectivity index (χ3n) is 6.26. The third kappa shape index (κ3) is 4.02. The molecule has 0 amide bonds. The van der Waals surface area contributed by atoms with E-state index in [4.69, 9.17) is 14.2 Å². The number of ether oxygens (including phenoxy) is 3. The average molecular weight is 421 g/mol. The predicted molar refractivity (Wildman–Crippen MR) is 123 cm³/mol. The molecule has 0 aliphatic carbocycles. The van der Waals surface area contributed by atoms with Gasteiger partial charge >= 0.3 is 0 Å². The molecule has 4 rings (SSSR count). The van der Waals surface area contributed by atoms with Crippen molar-refractivity contribution in [2.75, 3.05) is 27.9 Å². The molecule has 1 atom stereocenters. The smallest absolute Gasteiger partial charge is 0.203 e. The van der Waals surface area contributed by atoms with Crippen LogP contribution in [0.5, 0.6) is 17.2 Å². The van der Waals surface area contributed by atoms with Gasteiger partial charge in [0.15, 0.2) is 11.5 Å². The molecule has 1 aliphatic rings. The molecule has 2 heterocycles. The summed E-state index contributed by atoms with van der Waals surface area (Å²) in [7, 11) is 5.01. The predicted octanol–water partition coefficient (Wildman–Crippen LogP) is 5.13. The molecule has 2 aromatic carbocycles. The van der Waals surface area contributed by atoms with Gasteiger partial charge in [-0.15, -0.1) is 0 Å². The van der Waals surface area contributed by atoms with Crippen molar-refractivity contribution in [3.63, 3.8) is 0 Å². The van der Waals surface area contributed by atoms with Crippen LogP contribution in [-0.4, -0.2) is 37.3 Å². The van der Waals surface area contributed by atoms with E-state index in [2.05, 4.69) is 65.9 Å². The Hall–Kier alpha value is -2.92. The number of rotatable bonds is 6. The SMILES string of the molecule is COc1ccc([C@@H]2c3cccn3CCCN2Cc2ccc(C)cc2C)c(OC)c1OC. The molecule has 164 valence electrons. The number of aryl methyl sites for hydroxylation is 3. The van der Waals surface area contributed by atoms with Crippen molar-refractivity contribution >= 4 is 0 Å². The van der Waals surface area contributed by atoms with Crippen molar-refractivity contribution in [2.45, 2.75) is 39.4 Å². The molecule has 0 radical (unpaired) electrons. The van der Waals surface area contributed by atoms with Crippen molar-refractivity contribution in [2.24, 2.45) is 0 Å². The summed E-state index contributed by atoms with van der Waals surface area (Å²) >= 11 is 0. The highest BCUT2D eigenvalue weighted by Crippen LogP contribution is 2.46. The van der Waals surface area contributed by atoms with E-state index in [9.17, 15) is 0 Å².